The molecule has 6 aliphatic heterocycles. The fraction of sp³-hybridized carbons (Fsp3) is 0.953. The number of fused-ring (bicyclic) bond motifs is 7. The minimum Gasteiger partial charge on any atom is -0.432 e. The van der Waals surface area contributed by atoms with Gasteiger partial charge in [-0.05, 0) is 97.7 Å². The van der Waals surface area contributed by atoms with E-state index in [1.54, 1.807) is 6.92 Å². The summed E-state index contributed by atoms with van der Waals surface area (Å²) in [5.74, 6) is -2.13. The normalized spacial score (nSPS) is 55.5. The summed E-state index contributed by atoms with van der Waals surface area (Å²) in [7, 11) is 0. The lowest BCUT2D eigenvalue weighted by atomic mass is 9.33. The zero-order valence-corrected chi connectivity index (χ0v) is 55.4. The smallest absolute Gasteiger partial charge is 0.317 e. The molecule has 39 atom stereocenters. The highest BCUT2D eigenvalue weighted by Gasteiger charge is 2.73. The molecule has 5 aliphatic carbocycles. The molecule has 20 N–H and O–H groups in total. The Labute approximate surface area is 559 Å². The van der Waals surface area contributed by atoms with Crippen LogP contribution in [0.25, 0.3) is 0 Å². The Morgan fingerprint density at radius 1 is 0.505 bits per heavy atom. The van der Waals surface area contributed by atoms with E-state index in [0.29, 0.717) is 32.1 Å². The van der Waals surface area contributed by atoms with Crippen molar-refractivity contribution in [1.82, 2.24) is 0 Å². The average Bonchev–Trinajstić information content (AvgIpc) is 0.670. The third-order valence-electron chi connectivity index (χ3n) is 24.9. The number of ether oxygens (including phenoxy) is 12. The maximum atomic E-state index is 15.5. The molecule has 10 fully saturated rings. The van der Waals surface area contributed by atoms with Crippen molar-refractivity contribution in [2.75, 3.05) is 39.6 Å². The molecule has 11 rings (SSSR count). The largest absolute Gasteiger partial charge is 0.432 e. The quantitative estimate of drug-likeness (QED) is 0.0388. The zero-order valence-electron chi connectivity index (χ0n) is 55.4. The van der Waals surface area contributed by atoms with Gasteiger partial charge < -0.3 is 159 Å². The Bertz CT molecular complexity index is 2740. The second kappa shape index (κ2) is 28.4. The molecule has 39 unspecified atom stereocenters. The van der Waals surface area contributed by atoms with Crippen LogP contribution >= 0.6 is 0 Å². The molecule has 0 amide bonds. The first-order chi connectivity index (χ1) is 45.4. The molecule has 0 bridgehead atoms. The van der Waals surface area contributed by atoms with Crippen LogP contribution in [-0.4, -0.2) is 338 Å². The van der Waals surface area contributed by atoms with Crippen molar-refractivity contribution < 1.29 is 164 Å². The van der Waals surface area contributed by atoms with Gasteiger partial charge in [0.2, 0.25) is 6.29 Å². The van der Waals surface area contributed by atoms with Crippen molar-refractivity contribution in [2.24, 2.45) is 50.2 Å². The molecule has 4 saturated carbocycles. The first-order valence-corrected chi connectivity index (χ1v) is 33.9. The van der Waals surface area contributed by atoms with Crippen molar-refractivity contribution in [3.8, 4) is 0 Å². The lowest BCUT2D eigenvalue weighted by Gasteiger charge is -2.72. The number of hydrogen-bond donors (Lipinski definition) is 20. The molecule has 6 heterocycles. The van der Waals surface area contributed by atoms with Gasteiger partial charge in [0, 0.05) is 5.41 Å². The first kappa shape index (κ1) is 76.1. The van der Waals surface area contributed by atoms with E-state index < -0.39 is 275 Å². The zero-order chi connectivity index (χ0) is 70.9. The topological polar surface area (TPSA) is 532 Å². The third-order valence-corrected chi connectivity index (χ3v) is 24.9. The number of esters is 1. The summed E-state index contributed by atoms with van der Waals surface area (Å²) in [6.07, 6.45) is -46.9. The van der Waals surface area contributed by atoms with Gasteiger partial charge in [-0.3, -0.25) is 4.79 Å². The van der Waals surface area contributed by atoms with Crippen LogP contribution in [-0.2, 0) is 61.6 Å². The van der Waals surface area contributed by atoms with Gasteiger partial charge in [-0.1, -0.05) is 53.2 Å². The van der Waals surface area contributed by atoms with Crippen LogP contribution in [0.15, 0.2) is 11.6 Å². The van der Waals surface area contributed by atoms with Crippen molar-refractivity contribution in [2.45, 2.75) is 290 Å². The van der Waals surface area contributed by atoms with E-state index in [4.69, 9.17) is 56.8 Å². The van der Waals surface area contributed by atoms with E-state index in [9.17, 15) is 102 Å². The van der Waals surface area contributed by atoms with Gasteiger partial charge in [0.05, 0.1) is 64.1 Å². The minimum atomic E-state index is -1.96. The number of hydrogen-bond acceptors (Lipinski definition) is 33. The van der Waals surface area contributed by atoms with Crippen LogP contribution < -0.4 is 0 Å². The minimum absolute atomic E-state index is 0.0748. The standard InChI is InChI=1S/C64H104O33/c1-23-49(94-54-44(80)35(71)27(68)18-86-54)43(79)48(84)55(90-23)95-50-36(72)28(69)19-87-57(50)97-58(85)64-13-12-59(2,3)14-25(64)24-8-9-33-60(4)15-26(67)51(61(5,22-66)32(60)10-11-62(33,6)63(24,7)16-34(64)70)96-56-47(83)42(78)39(75)31(93-56)21-89-53-46(82)41(77)38(74)30(92-53)20-88-52-45(81)40(76)37(73)29(17-65)91-52/h8,23,25-57,65-84H,9-22H2,1-7H3. The molecule has 0 radical (unpaired) electrons. The first-order valence-electron chi connectivity index (χ1n) is 33.9. The van der Waals surface area contributed by atoms with Gasteiger partial charge in [0.1, 0.15) is 127 Å². The monoisotopic (exact) mass is 1400 g/mol. The fourth-order valence-corrected chi connectivity index (χ4v) is 18.9. The molecular weight excluding hydrogens is 1300 g/mol. The predicted octanol–water partition coefficient (Wildman–Crippen LogP) is -7.17. The summed E-state index contributed by atoms with van der Waals surface area (Å²) in [4.78, 5) is 15.5. The summed E-state index contributed by atoms with van der Waals surface area (Å²) < 4.78 is 70.2. The third kappa shape index (κ3) is 13.0. The Hall–Kier alpha value is -2.03. The van der Waals surface area contributed by atoms with Crippen molar-refractivity contribution >= 4 is 5.97 Å². The number of carbonyl (C=O) groups excluding carboxylic acids is 1. The Morgan fingerprint density at radius 3 is 1.62 bits per heavy atom. The summed E-state index contributed by atoms with van der Waals surface area (Å²) in [6.45, 7) is 10.1. The molecule has 33 heteroatoms. The van der Waals surface area contributed by atoms with E-state index in [2.05, 4.69) is 40.7 Å². The van der Waals surface area contributed by atoms with Crippen molar-refractivity contribution in [3.63, 3.8) is 0 Å². The summed E-state index contributed by atoms with van der Waals surface area (Å²) >= 11 is 0. The van der Waals surface area contributed by atoms with Crippen molar-refractivity contribution in [1.29, 1.82) is 0 Å². The van der Waals surface area contributed by atoms with Gasteiger partial charge in [-0.2, -0.15) is 0 Å². The summed E-state index contributed by atoms with van der Waals surface area (Å²) in [5.41, 5.74) is -4.52. The summed E-state index contributed by atoms with van der Waals surface area (Å²) in [6, 6.07) is 0. The molecule has 6 saturated heterocycles. The Balaban J connectivity index is 0.779. The lowest BCUT2D eigenvalue weighted by Crippen LogP contribution is -2.70. The van der Waals surface area contributed by atoms with Crippen molar-refractivity contribution in [3.05, 3.63) is 11.6 Å². The molecule has 558 valence electrons. The number of aliphatic hydroxyl groups excluding tert-OH is 20. The molecular formula is C64H104O33. The van der Waals surface area contributed by atoms with Gasteiger partial charge in [-0.25, -0.2) is 0 Å². The average molecular weight is 1400 g/mol. The van der Waals surface area contributed by atoms with Gasteiger partial charge in [0.25, 0.3) is 0 Å². The highest BCUT2D eigenvalue weighted by molar-refractivity contribution is 5.80. The van der Waals surface area contributed by atoms with Crippen LogP contribution in [0.4, 0.5) is 0 Å². The fourth-order valence-electron chi connectivity index (χ4n) is 18.9. The molecule has 97 heavy (non-hydrogen) atoms. The molecule has 33 nitrogen and oxygen atoms in total. The number of allylic oxidation sites excluding steroid dienone is 2. The highest BCUT2D eigenvalue weighted by Crippen LogP contribution is 2.76. The maximum absolute atomic E-state index is 15.5. The second-order valence-electron chi connectivity index (χ2n) is 31.2. The number of carbonyl (C=O) groups is 1. The number of aliphatic hydroxyl groups is 20. The van der Waals surface area contributed by atoms with E-state index in [-0.39, 0.29) is 30.6 Å². The second-order valence-corrected chi connectivity index (χ2v) is 31.2. The van der Waals surface area contributed by atoms with Crippen LogP contribution in [0.2, 0.25) is 0 Å². The van der Waals surface area contributed by atoms with Gasteiger partial charge >= 0.3 is 5.97 Å². The summed E-state index contributed by atoms with van der Waals surface area (Å²) in [5, 5.41) is 220. The van der Waals surface area contributed by atoms with E-state index >= 15 is 4.79 Å². The van der Waals surface area contributed by atoms with Crippen LogP contribution in [0.5, 0.6) is 0 Å². The molecule has 0 spiro atoms. The van der Waals surface area contributed by atoms with Crippen LogP contribution in [0, 0.1) is 50.2 Å². The van der Waals surface area contributed by atoms with E-state index in [0.717, 1.165) is 5.57 Å². The van der Waals surface area contributed by atoms with Crippen LogP contribution in [0.1, 0.15) is 99.8 Å². The Kier molecular flexibility index (Phi) is 22.3. The van der Waals surface area contributed by atoms with Gasteiger partial charge in [-0.15, -0.1) is 0 Å². The predicted molar refractivity (Wildman–Crippen MR) is 319 cm³/mol. The highest BCUT2D eigenvalue weighted by atomic mass is 16.8. The maximum Gasteiger partial charge on any atom is 0.317 e. The molecule has 0 aromatic heterocycles. The number of rotatable bonds is 16. The molecule has 0 aromatic rings. The van der Waals surface area contributed by atoms with E-state index in [1.807, 2.05) is 0 Å². The SMILES string of the molecule is CC1OC(OC2C(OC(=O)C34CCC(C)(C)CC3C3=CCC5C6(C)CC(O)C(OC7OC(COC8OC(COC9OC(CO)C(O)C(O)C9O)C(O)C(O)C8O)C(O)C(O)C7O)C(C)(CO)C6CCC5(C)C3(C)CC4O)OCC(O)C2O)C(O)C(O)C1OC1OCC(O)C(O)C1O. The molecule has 11 aliphatic rings. The van der Waals surface area contributed by atoms with E-state index in [1.165, 1.54) is 6.92 Å². The lowest BCUT2D eigenvalue weighted by molar-refractivity contribution is -0.369. The van der Waals surface area contributed by atoms with Crippen LogP contribution in [0.3, 0.4) is 0 Å². The Morgan fingerprint density at radius 2 is 1.02 bits per heavy atom. The van der Waals surface area contributed by atoms with Gasteiger partial charge in [0.15, 0.2) is 37.6 Å². The molecule has 0 aromatic carbocycles.